The second-order valence-corrected chi connectivity index (χ2v) is 12.6. The molecule has 45 heavy (non-hydrogen) atoms. The van der Waals surface area contributed by atoms with Crippen molar-refractivity contribution in [3.63, 3.8) is 0 Å². The standard InChI is InChI=1S/C36H42N6O3/c1-25-28(9-14-34(37-25)38-29-10-7-27(8-11-29)35(43)39-30-12-13-30)23-40-19-15-32(16-20-40)42-33(26-5-3-2-4-6-26)24-41(36(42)44)31-17-21-45-22-18-31/h2-11,14-15,30-31,33H,12-13,16-24H2,1H3,(H,37,38)(H,39,43)/t33-/m0/s1. The molecule has 9 heteroatoms. The van der Waals surface area contributed by atoms with Crippen molar-refractivity contribution in [3.8, 4) is 0 Å². The fraction of sp³-hybridized carbons (Fsp3) is 0.417. The molecule has 2 N–H and O–H groups in total. The third-order valence-electron chi connectivity index (χ3n) is 9.45. The van der Waals surface area contributed by atoms with Crippen molar-refractivity contribution in [1.82, 2.24) is 25.0 Å². The number of nitrogens with one attached hydrogen (secondary N) is 2. The highest BCUT2D eigenvalue weighted by molar-refractivity contribution is 5.95. The van der Waals surface area contributed by atoms with Gasteiger partial charge < -0.3 is 20.3 Å². The summed E-state index contributed by atoms with van der Waals surface area (Å²) >= 11 is 0. The maximum Gasteiger partial charge on any atom is 0.325 e. The highest BCUT2D eigenvalue weighted by atomic mass is 16.5. The van der Waals surface area contributed by atoms with Crippen molar-refractivity contribution in [2.75, 3.05) is 38.2 Å². The molecular weight excluding hydrogens is 564 g/mol. The smallest absolute Gasteiger partial charge is 0.325 e. The lowest BCUT2D eigenvalue weighted by Crippen LogP contribution is -2.42. The van der Waals surface area contributed by atoms with E-state index in [2.05, 4.69) is 68.7 Å². The van der Waals surface area contributed by atoms with E-state index in [0.29, 0.717) is 11.6 Å². The second kappa shape index (κ2) is 13.0. The monoisotopic (exact) mass is 606 g/mol. The van der Waals surface area contributed by atoms with Gasteiger partial charge in [-0.2, -0.15) is 0 Å². The topological polar surface area (TPSA) is 90.0 Å². The third kappa shape index (κ3) is 6.74. The molecule has 0 spiro atoms. The summed E-state index contributed by atoms with van der Waals surface area (Å²) in [6, 6.07) is 22.9. The normalized spacial score (nSPS) is 21.1. The number of ether oxygens (including phenoxy) is 1. The molecule has 9 nitrogen and oxygen atoms in total. The van der Waals surface area contributed by atoms with Crippen LogP contribution in [0.5, 0.6) is 0 Å². The summed E-state index contributed by atoms with van der Waals surface area (Å²) < 4.78 is 5.58. The Hall–Kier alpha value is -4.21. The number of urea groups is 1. The highest BCUT2D eigenvalue weighted by Crippen LogP contribution is 2.37. The third-order valence-corrected chi connectivity index (χ3v) is 9.45. The Morgan fingerprint density at radius 1 is 0.978 bits per heavy atom. The quantitative estimate of drug-likeness (QED) is 0.321. The highest BCUT2D eigenvalue weighted by Gasteiger charge is 2.43. The Morgan fingerprint density at radius 2 is 1.76 bits per heavy atom. The molecule has 1 aliphatic carbocycles. The van der Waals surface area contributed by atoms with Gasteiger partial charge in [-0.05, 0) is 74.1 Å². The number of amides is 3. The zero-order chi connectivity index (χ0) is 30.8. The van der Waals surface area contributed by atoms with Crippen LogP contribution in [-0.2, 0) is 11.3 Å². The van der Waals surface area contributed by atoms with Crippen LogP contribution in [0, 0.1) is 6.92 Å². The Bertz CT molecular complexity index is 1550. The average molecular weight is 607 g/mol. The lowest BCUT2D eigenvalue weighted by Gasteiger charge is -2.33. The largest absolute Gasteiger partial charge is 0.381 e. The zero-order valence-electron chi connectivity index (χ0n) is 26.0. The van der Waals surface area contributed by atoms with Crippen molar-refractivity contribution in [1.29, 1.82) is 0 Å². The minimum absolute atomic E-state index is 0.0120. The fourth-order valence-electron chi connectivity index (χ4n) is 6.65. The number of carbonyl (C=O) groups is 2. The molecule has 4 aliphatic rings. The van der Waals surface area contributed by atoms with E-state index in [0.717, 1.165) is 94.4 Å². The lowest BCUT2D eigenvalue weighted by atomic mass is 10.0. The van der Waals surface area contributed by atoms with Crippen molar-refractivity contribution < 1.29 is 14.3 Å². The van der Waals surface area contributed by atoms with Crippen LogP contribution in [0.15, 0.2) is 78.5 Å². The summed E-state index contributed by atoms with van der Waals surface area (Å²) in [4.78, 5) is 37.6. The van der Waals surface area contributed by atoms with Gasteiger partial charge in [0.05, 0.1) is 6.04 Å². The Balaban J connectivity index is 0.986. The summed E-state index contributed by atoms with van der Waals surface area (Å²) in [5.41, 5.74) is 6.06. The van der Waals surface area contributed by atoms with Gasteiger partial charge >= 0.3 is 6.03 Å². The predicted octanol–water partition coefficient (Wildman–Crippen LogP) is 5.77. The van der Waals surface area contributed by atoms with Crippen LogP contribution in [0.1, 0.15) is 65.3 Å². The molecule has 0 radical (unpaired) electrons. The molecule has 2 saturated heterocycles. The summed E-state index contributed by atoms with van der Waals surface area (Å²) in [7, 11) is 0. The van der Waals surface area contributed by atoms with E-state index in [-0.39, 0.29) is 24.0 Å². The number of rotatable bonds is 9. The Labute approximate surface area is 265 Å². The van der Waals surface area contributed by atoms with E-state index in [1.165, 1.54) is 11.1 Å². The molecule has 0 bridgehead atoms. The van der Waals surface area contributed by atoms with E-state index in [1.807, 2.05) is 36.4 Å². The predicted molar refractivity (Wildman–Crippen MR) is 174 cm³/mol. The first-order chi connectivity index (χ1) is 22.0. The molecule has 2 aromatic carbocycles. The number of hydrogen-bond donors (Lipinski definition) is 2. The molecule has 234 valence electrons. The molecule has 3 amide bonds. The number of anilines is 2. The summed E-state index contributed by atoms with van der Waals surface area (Å²) in [6.45, 7) is 6.70. The minimum Gasteiger partial charge on any atom is -0.381 e. The van der Waals surface area contributed by atoms with Crippen molar-refractivity contribution in [3.05, 3.63) is 101 Å². The van der Waals surface area contributed by atoms with Crippen molar-refractivity contribution in [2.45, 2.75) is 63.7 Å². The minimum atomic E-state index is -0.0120. The van der Waals surface area contributed by atoms with Crippen molar-refractivity contribution in [2.24, 2.45) is 0 Å². The average Bonchev–Trinajstić information content (AvgIpc) is 3.83. The maximum atomic E-state index is 13.9. The summed E-state index contributed by atoms with van der Waals surface area (Å²) in [5.74, 6) is 0.767. The number of aromatic nitrogens is 1. The molecule has 3 aromatic rings. The van der Waals surface area contributed by atoms with Gasteiger partial charge in [-0.15, -0.1) is 0 Å². The number of aryl methyl sites for hydroxylation is 1. The molecule has 7 rings (SSSR count). The molecule has 1 atom stereocenters. The molecule has 4 heterocycles. The number of nitrogens with zero attached hydrogens (tertiary/aromatic N) is 4. The maximum absolute atomic E-state index is 13.9. The molecule has 1 saturated carbocycles. The van der Waals surface area contributed by atoms with Crippen LogP contribution in [0.25, 0.3) is 0 Å². The van der Waals surface area contributed by atoms with E-state index in [1.54, 1.807) is 0 Å². The second-order valence-electron chi connectivity index (χ2n) is 12.6. The van der Waals surface area contributed by atoms with E-state index in [4.69, 9.17) is 9.72 Å². The van der Waals surface area contributed by atoms with Crippen molar-refractivity contribution >= 4 is 23.4 Å². The van der Waals surface area contributed by atoms with Gasteiger partial charge in [-0.1, -0.05) is 42.5 Å². The van der Waals surface area contributed by atoms with Crippen LogP contribution in [0.3, 0.4) is 0 Å². The molecule has 0 unspecified atom stereocenters. The van der Waals surface area contributed by atoms with Gasteiger partial charge in [0.15, 0.2) is 0 Å². The van der Waals surface area contributed by atoms with Gasteiger partial charge in [0.25, 0.3) is 5.91 Å². The first kappa shape index (κ1) is 29.5. The van der Waals surface area contributed by atoms with E-state index < -0.39 is 0 Å². The number of pyridine rings is 1. The number of benzene rings is 2. The Kier molecular flexibility index (Phi) is 8.54. The number of carbonyl (C=O) groups excluding carboxylic acids is 2. The molecule has 3 aliphatic heterocycles. The zero-order valence-corrected chi connectivity index (χ0v) is 26.0. The van der Waals surface area contributed by atoms with Gasteiger partial charge in [0.2, 0.25) is 0 Å². The van der Waals surface area contributed by atoms with Crippen LogP contribution in [0.4, 0.5) is 16.3 Å². The van der Waals surface area contributed by atoms with E-state index in [9.17, 15) is 9.59 Å². The first-order valence-corrected chi connectivity index (χ1v) is 16.3. The number of hydrogen-bond acceptors (Lipinski definition) is 6. The summed E-state index contributed by atoms with van der Waals surface area (Å²) in [6.07, 6.45) is 7.04. The van der Waals surface area contributed by atoms with Gasteiger partial charge in [0, 0.05) is 80.5 Å². The van der Waals surface area contributed by atoms with Gasteiger partial charge in [0.1, 0.15) is 5.82 Å². The first-order valence-electron chi connectivity index (χ1n) is 16.3. The Morgan fingerprint density at radius 3 is 2.44 bits per heavy atom. The van der Waals surface area contributed by atoms with Gasteiger partial charge in [-0.25, -0.2) is 9.78 Å². The molecule has 1 aromatic heterocycles. The van der Waals surface area contributed by atoms with Crippen LogP contribution in [-0.4, -0.2) is 76.6 Å². The SMILES string of the molecule is Cc1nc(Nc2ccc(C(=O)NC3CC3)cc2)ccc1CN1CC=C(N2C(=O)N(C3CCOCC3)C[C@H]2c2ccccc2)CC1. The molecule has 3 fully saturated rings. The lowest BCUT2D eigenvalue weighted by molar-refractivity contribution is 0.0505. The summed E-state index contributed by atoms with van der Waals surface area (Å²) in [5, 5.41) is 6.39. The van der Waals surface area contributed by atoms with Crippen LogP contribution >= 0.6 is 0 Å². The van der Waals surface area contributed by atoms with Crippen LogP contribution < -0.4 is 10.6 Å². The van der Waals surface area contributed by atoms with Crippen LogP contribution in [0.2, 0.25) is 0 Å². The van der Waals surface area contributed by atoms with E-state index >= 15 is 0 Å². The van der Waals surface area contributed by atoms with Gasteiger partial charge in [-0.3, -0.25) is 14.6 Å². The fourth-order valence-corrected chi connectivity index (χ4v) is 6.65. The molecular formula is C36H42N6O3.